The van der Waals surface area contributed by atoms with Crippen molar-refractivity contribution in [3.05, 3.63) is 9.52 Å². The van der Waals surface area contributed by atoms with Gasteiger partial charge in [-0.1, -0.05) is 92.8 Å². The maximum Gasteiger partial charge on any atom is 0.230 e. The summed E-state index contributed by atoms with van der Waals surface area (Å²) in [4.78, 5) is 11.4. The minimum absolute atomic E-state index is 0.517. The second-order valence-electron chi connectivity index (χ2n) is 1.98. The number of halogens is 8. The molecule has 0 aliphatic carbocycles. The van der Waals surface area contributed by atoms with Crippen molar-refractivity contribution in [3.63, 3.8) is 0 Å². The number of hydrogen-bond acceptors (Lipinski definition) is 1. The molecule has 0 atom stereocenters. The lowest BCUT2D eigenvalue weighted by Crippen LogP contribution is -2.39. The van der Waals surface area contributed by atoms with Crippen molar-refractivity contribution in [1.29, 1.82) is 0 Å². The molecule has 0 saturated heterocycles. The molecule has 0 aromatic carbocycles. The van der Waals surface area contributed by atoms with Gasteiger partial charge < -0.3 is 0 Å². The number of alkyl halides is 5. The summed E-state index contributed by atoms with van der Waals surface area (Å²) in [6.45, 7) is 0. The van der Waals surface area contributed by atoms with Crippen LogP contribution in [0.1, 0.15) is 0 Å². The SMILES string of the molecule is O=C(C(Cl)=C(Cl)Cl)C(Cl)(Cl)C(Cl)(Cl)Cl. The maximum absolute atomic E-state index is 11.4. The molecular formula is C5Cl8O. The van der Waals surface area contributed by atoms with E-state index in [9.17, 15) is 4.79 Å². The molecule has 0 spiro atoms. The summed E-state index contributed by atoms with van der Waals surface area (Å²) < 4.78 is -5.13. The molecule has 0 fully saturated rings. The molecule has 0 aliphatic heterocycles. The highest BCUT2D eigenvalue weighted by atomic mass is 35.6. The largest absolute Gasteiger partial charge is 0.289 e. The molecule has 0 bridgehead atoms. The molecule has 0 heterocycles. The number of allylic oxidation sites excluding steroid dienone is 1. The molecule has 0 N–H and O–H groups in total. The van der Waals surface area contributed by atoms with E-state index >= 15 is 0 Å². The van der Waals surface area contributed by atoms with Crippen molar-refractivity contribution >= 4 is 98.6 Å². The predicted octanol–water partition coefficient (Wildman–Crippen LogP) is 4.99. The van der Waals surface area contributed by atoms with Gasteiger partial charge in [-0.2, -0.15) is 0 Å². The van der Waals surface area contributed by atoms with Gasteiger partial charge in [0.25, 0.3) is 0 Å². The van der Waals surface area contributed by atoms with Gasteiger partial charge in [0.05, 0.1) is 0 Å². The molecule has 9 heteroatoms. The van der Waals surface area contributed by atoms with E-state index in [2.05, 4.69) is 0 Å². The van der Waals surface area contributed by atoms with E-state index in [0.29, 0.717) is 0 Å². The zero-order valence-corrected chi connectivity index (χ0v) is 12.0. The lowest BCUT2D eigenvalue weighted by molar-refractivity contribution is -0.115. The summed E-state index contributed by atoms with van der Waals surface area (Å²) in [5.41, 5.74) is 0. The molecule has 1 nitrogen and oxygen atoms in total. The molecule has 0 aromatic heterocycles. The highest BCUT2D eigenvalue weighted by molar-refractivity contribution is 6.81. The highest BCUT2D eigenvalue weighted by Crippen LogP contribution is 2.48. The molecule has 0 aliphatic rings. The Labute approximate surface area is 120 Å². The fourth-order valence-electron chi connectivity index (χ4n) is 0.352. The van der Waals surface area contributed by atoms with E-state index in [4.69, 9.17) is 92.8 Å². The Balaban J connectivity index is 5.16. The second-order valence-corrected chi connectivity index (χ2v) is 6.91. The standard InChI is InChI=1S/C5Cl8O/c6-1(3(7)8)2(14)4(9,10)5(11,12)13. The predicted molar refractivity (Wildman–Crippen MR) is 64.3 cm³/mol. The van der Waals surface area contributed by atoms with Crippen molar-refractivity contribution in [1.82, 2.24) is 0 Å². The number of carbonyl (C=O) groups is 1. The summed E-state index contributed by atoms with van der Waals surface area (Å²) in [5.74, 6) is -1.09. The summed E-state index contributed by atoms with van der Waals surface area (Å²) in [6, 6.07) is 0. The van der Waals surface area contributed by atoms with Crippen LogP contribution in [0.5, 0.6) is 0 Å². The highest BCUT2D eigenvalue weighted by Gasteiger charge is 2.53. The topological polar surface area (TPSA) is 17.1 Å². The lowest BCUT2D eigenvalue weighted by atomic mass is 10.3. The van der Waals surface area contributed by atoms with Crippen LogP contribution in [0, 0.1) is 0 Å². The Hall–Kier alpha value is 1.73. The van der Waals surface area contributed by atoms with Crippen LogP contribution in [0.4, 0.5) is 0 Å². The van der Waals surface area contributed by atoms with Gasteiger partial charge in [-0.05, 0) is 0 Å². The summed E-state index contributed by atoms with van der Waals surface area (Å²) in [6.07, 6.45) is 0. The van der Waals surface area contributed by atoms with Crippen molar-refractivity contribution in [2.24, 2.45) is 0 Å². The van der Waals surface area contributed by atoms with Crippen LogP contribution in [0.3, 0.4) is 0 Å². The van der Waals surface area contributed by atoms with Crippen LogP contribution < -0.4 is 0 Å². The van der Waals surface area contributed by atoms with E-state index in [-0.39, 0.29) is 0 Å². The fraction of sp³-hybridized carbons (Fsp3) is 0.400. The van der Waals surface area contributed by atoms with E-state index in [1.165, 1.54) is 0 Å². The van der Waals surface area contributed by atoms with Crippen molar-refractivity contribution < 1.29 is 4.79 Å². The van der Waals surface area contributed by atoms with Gasteiger partial charge >= 0.3 is 0 Å². The quantitative estimate of drug-likeness (QED) is 0.502. The summed E-state index contributed by atoms with van der Waals surface area (Å²) in [7, 11) is 0. The van der Waals surface area contributed by atoms with E-state index < -0.39 is 23.4 Å². The second kappa shape index (κ2) is 5.37. The van der Waals surface area contributed by atoms with Gasteiger partial charge in [0.2, 0.25) is 13.9 Å². The molecule has 0 radical (unpaired) electrons. The lowest BCUT2D eigenvalue weighted by Gasteiger charge is -2.25. The molecule has 14 heavy (non-hydrogen) atoms. The fourth-order valence-corrected chi connectivity index (χ4v) is 1.21. The number of ketones is 1. The number of rotatable bonds is 2. The minimum atomic E-state index is -2.36. The zero-order valence-electron chi connectivity index (χ0n) is 5.93. The van der Waals surface area contributed by atoms with Gasteiger partial charge in [0, 0.05) is 0 Å². The van der Waals surface area contributed by atoms with Crippen LogP contribution in [-0.2, 0) is 4.79 Å². The Kier molecular flexibility index (Phi) is 6.04. The van der Waals surface area contributed by atoms with E-state index in [0.717, 1.165) is 0 Å². The van der Waals surface area contributed by atoms with Gasteiger partial charge in [-0.3, -0.25) is 4.79 Å². The van der Waals surface area contributed by atoms with Crippen LogP contribution >= 0.6 is 92.8 Å². The zero-order chi connectivity index (χ0) is 11.7. The molecule has 0 saturated carbocycles. The third-order valence-electron chi connectivity index (χ3n) is 1.01. The first kappa shape index (κ1) is 15.7. The van der Waals surface area contributed by atoms with Crippen LogP contribution in [-0.4, -0.2) is 13.9 Å². The maximum atomic E-state index is 11.4. The third kappa shape index (κ3) is 3.64. The average Bonchev–Trinajstić information content (AvgIpc) is 1.99. The first-order valence-corrected chi connectivity index (χ1v) is 5.74. The van der Waals surface area contributed by atoms with Crippen LogP contribution in [0.15, 0.2) is 9.52 Å². The summed E-state index contributed by atoms with van der Waals surface area (Å²) in [5, 5.41) is -0.607. The first-order chi connectivity index (χ1) is 6.01. The number of carbonyl (C=O) groups excluding carboxylic acids is 1. The van der Waals surface area contributed by atoms with Crippen molar-refractivity contribution in [2.75, 3.05) is 0 Å². The van der Waals surface area contributed by atoms with Crippen LogP contribution in [0.25, 0.3) is 0 Å². The Bertz CT molecular complexity index is 270. The Morgan fingerprint density at radius 1 is 0.857 bits per heavy atom. The molecule has 0 rings (SSSR count). The average molecular weight is 360 g/mol. The molecule has 0 unspecified atom stereocenters. The first-order valence-electron chi connectivity index (χ1n) is 2.72. The Morgan fingerprint density at radius 2 is 1.21 bits per heavy atom. The van der Waals surface area contributed by atoms with Gasteiger partial charge in [0.15, 0.2) is 0 Å². The minimum Gasteiger partial charge on any atom is -0.289 e. The Morgan fingerprint density at radius 3 is 1.43 bits per heavy atom. The normalized spacial score (nSPS) is 12.6. The molecule has 0 aromatic rings. The monoisotopic (exact) mass is 356 g/mol. The van der Waals surface area contributed by atoms with E-state index in [1.54, 1.807) is 0 Å². The van der Waals surface area contributed by atoms with Crippen molar-refractivity contribution in [3.8, 4) is 0 Å². The van der Waals surface area contributed by atoms with Gasteiger partial charge in [0.1, 0.15) is 9.52 Å². The van der Waals surface area contributed by atoms with Crippen molar-refractivity contribution in [2.45, 2.75) is 8.13 Å². The summed E-state index contributed by atoms with van der Waals surface area (Å²) >= 11 is 42.8. The van der Waals surface area contributed by atoms with Gasteiger partial charge in [-0.25, -0.2) is 0 Å². The molecule has 82 valence electrons. The van der Waals surface area contributed by atoms with Crippen LogP contribution in [0.2, 0.25) is 0 Å². The number of Topliss-reactive ketones (excluding diaryl/α,β-unsaturated/α-hetero) is 1. The molecular weight excluding hydrogens is 360 g/mol. The van der Waals surface area contributed by atoms with Gasteiger partial charge in [-0.15, -0.1) is 0 Å². The number of hydrogen-bond donors (Lipinski definition) is 0. The molecule has 0 amide bonds. The van der Waals surface area contributed by atoms with E-state index in [1.807, 2.05) is 0 Å². The third-order valence-corrected chi connectivity index (χ3v) is 4.28. The smallest absolute Gasteiger partial charge is 0.230 e.